The van der Waals surface area contributed by atoms with E-state index in [1.165, 1.54) is 11.3 Å². The first kappa shape index (κ1) is 12.0. The van der Waals surface area contributed by atoms with Gasteiger partial charge in [-0.3, -0.25) is 0 Å². The molecule has 0 aliphatic rings. The van der Waals surface area contributed by atoms with Gasteiger partial charge in [0.1, 0.15) is 0 Å². The predicted molar refractivity (Wildman–Crippen MR) is 72.5 cm³/mol. The number of thioether (sulfide) groups is 1. The summed E-state index contributed by atoms with van der Waals surface area (Å²) in [7, 11) is 0. The lowest BCUT2D eigenvalue weighted by Gasteiger charge is -2.02. The highest BCUT2D eigenvalue weighted by atomic mass is 35.5. The number of hydrogen-bond donors (Lipinski definition) is 1. The van der Waals surface area contributed by atoms with Gasteiger partial charge < -0.3 is 5.73 Å². The number of anilines is 1. The zero-order valence-electron chi connectivity index (χ0n) is 8.11. The number of nitrogen functional groups attached to an aromatic ring is 1. The molecule has 0 saturated carbocycles. The average molecular weight is 291 g/mol. The van der Waals surface area contributed by atoms with Gasteiger partial charge in [-0.1, -0.05) is 23.2 Å². The van der Waals surface area contributed by atoms with Gasteiger partial charge in [0.05, 0.1) is 10.7 Å². The lowest BCUT2D eigenvalue weighted by atomic mass is 10.3. The lowest BCUT2D eigenvalue weighted by molar-refractivity contribution is 1.36. The summed E-state index contributed by atoms with van der Waals surface area (Å²) >= 11 is 14.9. The van der Waals surface area contributed by atoms with Crippen molar-refractivity contribution >= 4 is 52.0 Å². The number of aromatic nitrogens is 1. The summed E-state index contributed by atoms with van der Waals surface area (Å²) in [5.41, 5.74) is 6.24. The van der Waals surface area contributed by atoms with Crippen LogP contribution in [0.3, 0.4) is 0 Å². The Kier molecular flexibility index (Phi) is 3.97. The van der Waals surface area contributed by atoms with Gasteiger partial charge in [0.25, 0.3) is 0 Å². The van der Waals surface area contributed by atoms with Crippen molar-refractivity contribution in [2.45, 2.75) is 10.6 Å². The smallest absolute Gasteiger partial charge is 0.183 e. The Morgan fingerprint density at radius 3 is 2.81 bits per heavy atom. The van der Waals surface area contributed by atoms with Gasteiger partial charge in [0, 0.05) is 21.7 Å². The van der Waals surface area contributed by atoms with Crippen molar-refractivity contribution in [2.24, 2.45) is 0 Å². The fraction of sp³-hybridized carbons (Fsp3) is 0.100. The van der Waals surface area contributed by atoms with Crippen LogP contribution in [-0.2, 0) is 5.75 Å². The fourth-order valence-corrected chi connectivity index (χ4v) is 3.28. The summed E-state index contributed by atoms with van der Waals surface area (Å²) in [4.78, 5) is 6.21. The van der Waals surface area contributed by atoms with E-state index in [1.807, 2.05) is 18.2 Å². The Hall–Kier alpha value is -0.420. The van der Waals surface area contributed by atoms with Crippen molar-refractivity contribution in [3.05, 3.63) is 38.8 Å². The van der Waals surface area contributed by atoms with E-state index < -0.39 is 0 Å². The number of nitrogens with zero attached hydrogens (tertiary/aromatic N) is 1. The molecule has 16 heavy (non-hydrogen) atoms. The summed E-state index contributed by atoms with van der Waals surface area (Å²) in [6, 6.07) is 5.63. The molecule has 6 heteroatoms. The van der Waals surface area contributed by atoms with Crippen LogP contribution in [0.5, 0.6) is 0 Å². The Bertz CT molecular complexity index is 499. The zero-order valence-corrected chi connectivity index (χ0v) is 11.3. The highest BCUT2D eigenvalue weighted by Gasteiger charge is 2.02. The van der Waals surface area contributed by atoms with E-state index in [0.717, 1.165) is 15.5 Å². The standard InChI is InChI=1S/C10H8Cl2N2S2/c11-8-3-6(1-2-9(8)13)15-5-7-4-14-10(12)16-7/h1-4H,5,13H2. The van der Waals surface area contributed by atoms with Crippen LogP contribution in [0.2, 0.25) is 9.49 Å². The third-order valence-corrected chi connectivity index (χ3v) is 4.55. The van der Waals surface area contributed by atoms with E-state index in [1.54, 1.807) is 18.0 Å². The Morgan fingerprint density at radius 1 is 1.38 bits per heavy atom. The second kappa shape index (κ2) is 5.27. The van der Waals surface area contributed by atoms with Crippen LogP contribution in [-0.4, -0.2) is 4.98 Å². The molecule has 1 heterocycles. The fourth-order valence-electron chi connectivity index (χ4n) is 1.10. The van der Waals surface area contributed by atoms with Gasteiger partial charge >= 0.3 is 0 Å². The SMILES string of the molecule is Nc1ccc(SCc2cnc(Cl)s2)cc1Cl. The summed E-state index contributed by atoms with van der Waals surface area (Å²) in [5, 5.41) is 0.590. The van der Waals surface area contributed by atoms with E-state index >= 15 is 0 Å². The van der Waals surface area contributed by atoms with Crippen LogP contribution in [0.15, 0.2) is 29.3 Å². The van der Waals surface area contributed by atoms with E-state index in [2.05, 4.69) is 4.98 Å². The number of hydrogen-bond acceptors (Lipinski definition) is 4. The maximum Gasteiger partial charge on any atom is 0.183 e. The quantitative estimate of drug-likeness (QED) is 0.676. The van der Waals surface area contributed by atoms with E-state index in [0.29, 0.717) is 15.2 Å². The molecule has 0 spiro atoms. The second-order valence-corrected chi connectivity index (χ2v) is 6.20. The first-order valence-electron chi connectivity index (χ1n) is 4.43. The number of benzene rings is 1. The molecular formula is C10H8Cl2N2S2. The lowest BCUT2D eigenvalue weighted by Crippen LogP contribution is -1.85. The molecule has 0 aliphatic heterocycles. The maximum atomic E-state index is 5.93. The van der Waals surface area contributed by atoms with Crippen molar-refractivity contribution in [3.63, 3.8) is 0 Å². The van der Waals surface area contributed by atoms with Gasteiger partial charge in [-0.2, -0.15) is 0 Å². The summed E-state index contributed by atoms with van der Waals surface area (Å²) in [6.07, 6.45) is 1.79. The molecule has 0 radical (unpaired) electrons. The van der Waals surface area contributed by atoms with Crippen molar-refractivity contribution in [3.8, 4) is 0 Å². The topological polar surface area (TPSA) is 38.9 Å². The number of halogens is 2. The summed E-state index contributed by atoms with van der Waals surface area (Å²) < 4.78 is 0.575. The van der Waals surface area contributed by atoms with Crippen LogP contribution < -0.4 is 5.73 Å². The second-order valence-electron chi connectivity index (χ2n) is 3.05. The molecule has 0 amide bonds. The minimum absolute atomic E-state index is 0.575. The first-order valence-corrected chi connectivity index (χ1v) is 6.99. The minimum atomic E-state index is 0.575. The highest BCUT2D eigenvalue weighted by molar-refractivity contribution is 7.98. The molecular weight excluding hydrogens is 283 g/mol. The molecule has 0 bridgehead atoms. The number of thiazole rings is 1. The molecule has 2 N–H and O–H groups in total. The van der Waals surface area contributed by atoms with Crippen molar-refractivity contribution < 1.29 is 0 Å². The molecule has 0 saturated heterocycles. The molecule has 0 unspecified atom stereocenters. The molecule has 1 aromatic heterocycles. The minimum Gasteiger partial charge on any atom is -0.398 e. The van der Waals surface area contributed by atoms with Crippen molar-refractivity contribution in [1.82, 2.24) is 4.98 Å². The Labute approximate surface area is 112 Å². The zero-order chi connectivity index (χ0) is 11.5. The molecule has 1 aromatic carbocycles. The van der Waals surface area contributed by atoms with E-state index in [9.17, 15) is 0 Å². The Balaban J connectivity index is 2.02. The molecule has 0 fully saturated rings. The Morgan fingerprint density at radius 2 is 2.19 bits per heavy atom. The molecule has 84 valence electrons. The highest BCUT2D eigenvalue weighted by Crippen LogP contribution is 2.30. The normalized spacial score (nSPS) is 10.6. The van der Waals surface area contributed by atoms with Crippen LogP contribution in [0.4, 0.5) is 5.69 Å². The molecule has 2 nitrogen and oxygen atoms in total. The largest absolute Gasteiger partial charge is 0.398 e. The van der Waals surface area contributed by atoms with Crippen molar-refractivity contribution in [1.29, 1.82) is 0 Å². The summed E-state index contributed by atoms with van der Waals surface area (Å²) in [5.74, 6) is 0.838. The van der Waals surface area contributed by atoms with Gasteiger partial charge in [-0.25, -0.2) is 4.98 Å². The number of nitrogens with two attached hydrogens (primary N) is 1. The average Bonchev–Trinajstić information content (AvgIpc) is 2.66. The molecule has 2 aromatic rings. The maximum absolute atomic E-state index is 5.93. The first-order chi connectivity index (χ1) is 7.65. The summed E-state index contributed by atoms with van der Waals surface area (Å²) in [6.45, 7) is 0. The van der Waals surface area contributed by atoms with Crippen LogP contribution >= 0.6 is 46.3 Å². The van der Waals surface area contributed by atoms with Gasteiger partial charge in [-0.05, 0) is 18.2 Å². The van der Waals surface area contributed by atoms with Crippen molar-refractivity contribution in [2.75, 3.05) is 5.73 Å². The van der Waals surface area contributed by atoms with Crippen LogP contribution in [0, 0.1) is 0 Å². The van der Waals surface area contributed by atoms with Crippen LogP contribution in [0.1, 0.15) is 4.88 Å². The third-order valence-electron chi connectivity index (χ3n) is 1.88. The van der Waals surface area contributed by atoms with Crippen LogP contribution in [0.25, 0.3) is 0 Å². The number of rotatable bonds is 3. The van der Waals surface area contributed by atoms with E-state index in [4.69, 9.17) is 28.9 Å². The monoisotopic (exact) mass is 290 g/mol. The van der Waals surface area contributed by atoms with Gasteiger partial charge in [0.15, 0.2) is 4.47 Å². The van der Waals surface area contributed by atoms with Gasteiger partial charge in [-0.15, -0.1) is 23.1 Å². The predicted octanol–water partition coefficient (Wildman–Crippen LogP) is 4.32. The van der Waals surface area contributed by atoms with Gasteiger partial charge in [0.2, 0.25) is 0 Å². The molecule has 0 atom stereocenters. The molecule has 2 rings (SSSR count). The van der Waals surface area contributed by atoms with E-state index in [-0.39, 0.29) is 0 Å². The molecule has 0 aliphatic carbocycles. The third kappa shape index (κ3) is 3.04.